The Balaban J connectivity index is 1.79. The van der Waals surface area contributed by atoms with Crippen LogP contribution in [0.2, 0.25) is 5.02 Å². The average Bonchev–Trinajstić information content (AvgIpc) is 2.90. The Hall–Kier alpha value is -3.31. The zero-order valence-corrected chi connectivity index (χ0v) is 22.7. The van der Waals surface area contributed by atoms with Gasteiger partial charge in [0.05, 0.1) is 6.61 Å². The van der Waals surface area contributed by atoms with Crippen molar-refractivity contribution >= 4 is 23.4 Å². The molecule has 0 spiro atoms. The molecule has 0 radical (unpaired) electrons. The van der Waals surface area contributed by atoms with Gasteiger partial charge in [-0.2, -0.15) is 0 Å². The van der Waals surface area contributed by atoms with Gasteiger partial charge in [0, 0.05) is 30.5 Å². The van der Waals surface area contributed by atoms with Crippen molar-refractivity contribution in [1.82, 2.24) is 10.2 Å². The molecule has 3 rings (SSSR count). The normalized spacial score (nSPS) is 12.4. The van der Waals surface area contributed by atoms with Crippen LogP contribution in [-0.2, 0) is 22.6 Å². The lowest BCUT2D eigenvalue weighted by molar-refractivity contribution is -0.141. The standard InChI is InChI=1S/C31H37ClN2O3/c1-4-24(3)33-31(36)29(21-25-10-6-5-7-11-25)34(22-26-12-8-13-27(32)20-26)30(35)14-9-19-37-28-17-15-23(2)16-18-28/h5-8,10-13,15-18,20,24,29H,4,9,14,19,21-22H2,1-3H3,(H,33,36)/t24-,29+/m0/s1. The summed E-state index contributed by atoms with van der Waals surface area (Å²) in [7, 11) is 0. The fourth-order valence-corrected chi connectivity index (χ4v) is 4.23. The molecule has 0 heterocycles. The van der Waals surface area contributed by atoms with Crippen LogP contribution in [0.4, 0.5) is 0 Å². The second kappa shape index (κ2) is 14.4. The van der Waals surface area contributed by atoms with Gasteiger partial charge in [-0.25, -0.2) is 0 Å². The van der Waals surface area contributed by atoms with Gasteiger partial charge in [-0.05, 0) is 62.1 Å². The highest BCUT2D eigenvalue weighted by atomic mass is 35.5. The average molecular weight is 521 g/mol. The number of hydrogen-bond acceptors (Lipinski definition) is 3. The Morgan fingerprint density at radius 2 is 1.68 bits per heavy atom. The molecule has 1 N–H and O–H groups in total. The third kappa shape index (κ3) is 9.25. The van der Waals surface area contributed by atoms with Crippen LogP contribution in [0, 0.1) is 6.92 Å². The molecule has 5 nitrogen and oxygen atoms in total. The Bertz CT molecular complexity index is 1130. The van der Waals surface area contributed by atoms with Crippen LogP contribution in [0.1, 0.15) is 49.8 Å². The summed E-state index contributed by atoms with van der Waals surface area (Å²) in [5.74, 6) is 0.543. The van der Waals surface area contributed by atoms with Crippen molar-refractivity contribution in [3.63, 3.8) is 0 Å². The van der Waals surface area contributed by atoms with Crippen LogP contribution in [0.15, 0.2) is 78.9 Å². The highest BCUT2D eigenvalue weighted by Gasteiger charge is 2.30. The first kappa shape index (κ1) is 28.3. The number of nitrogens with one attached hydrogen (secondary N) is 1. The molecule has 0 aliphatic rings. The maximum Gasteiger partial charge on any atom is 0.243 e. The van der Waals surface area contributed by atoms with Crippen molar-refractivity contribution in [3.05, 3.63) is 101 Å². The van der Waals surface area contributed by atoms with Crippen molar-refractivity contribution in [2.24, 2.45) is 0 Å². The number of carbonyl (C=O) groups is 2. The van der Waals surface area contributed by atoms with E-state index in [0.29, 0.717) is 31.0 Å². The summed E-state index contributed by atoms with van der Waals surface area (Å²) in [6.45, 7) is 6.75. The van der Waals surface area contributed by atoms with Crippen molar-refractivity contribution in [1.29, 1.82) is 0 Å². The molecule has 37 heavy (non-hydrogen) atoms. The molecule has 0 bridgehead atoms. The lowest BCUT2D eigenvalue weighted by Crippen LogP contribution is -2.52. The van der Waals surface area contributed by atoms with Crippen LogP contribution in [0.5, 0.6) is 5.75 Å². The number of ether oxygens (including phenoxy) is 1. The van der Waals surface area contributed by atoms with E-state index in [-0.39, 0.29) is 24.3 Å². The van der Waals surface area contributed by atoms with Gasteiger partial charge in [0.25, 0.3) is 0 Å². The van der Waals surface area contributed by atoms with E-state index < -0.39 is 6.04 Å². The van der Waals surface area contributed by atoms with Gasteiger partial charge in [0.1, 0.15) is 11.8 Å². The van der Waals surface area contributed by atoms with Gasteiger partial charge < -0.3 is 15.0 Å². The quantitative estimate of drug-likeness (QED) is 0.267. The Labute approximate surface area is 225 Å². The van der Waals surface area contributed by atoms with Crippen molar-refractivity contribution in [2.45, 2.75) is 65.1 Å². The summed E-state index contributed by atoms with van der Waals surface area (Å²) in [5.41, 5.74) is 3.05. The maximum absolute atomic E-state index is 13.6. The lowest BCUT2D eigenvalue weighted by Gasteiger charge is -2.32. The minimum atomic E-state index is -0.652. The molecular formula is C31H37ClN2O3. The molecule has 0 fully saturated rings. The zero-order valence-electron chi connectivity index (χ0n) is 22.0. The number of aryl methyl sites for hydroxylation is 1. The Morgan fingerprint density at radius 1 is 0.973 bits per heavy atom. The van der Waals surface area contributed by atoms with Crippen LogP contribution >= 0.6 is 11.6 Å². The molecule has 0 aromatic heterocycles. The van der Waals surface area contributed by atoms with Crippen molar-refractivity contribution in [2.75, 3.05) is 6.61 Å². The van der Waals surface area contributed by atoms with Crippen molar-refractivity contribution in [3.8, 4) is 5.75 Å². The first-order valence-electron chi connectivity index (χ1n) is 12.9. The molecule has 196 valence electrons. The first-order chi connectivity index (χ1) is 17.9. The highest BCUT2D eigenvalue weighted by molar-refractivity contribution is 6.30. The molecular weight excluding hydrogens is 484 g/mol. The lowest BCUT2D eigenvalue weighted by atomic mass is 10.0. The number of carbonyl (C=O) groups excluding carboxylic acids is 2. The molecule has 6 heteroatoms. The van der Waals surface area contributed by atoms with Gasteiger partial charge in [-0.1, -0.05) is 78.7 Å². The molecule has 3 aromatic carbocycles. The Kier molecular flexibility index (Phi) is 11.0. The summed E-state index contributed by atoms with van der Waals surface area (Å²) in [5, 5.41) is 3.69. The number of amides is 2. The van der Waals surface area contributed by atoms with E-state index in [2.05, 4.69) is 5.32 Å². The third-order valence-corrected chi connectivity index (χ3v) is 6.57. The summed E-state index contributed by atoms with van der Waals surface area (Å²) < 4.78 is 5.83. The monoisotopic (exact) mass is 520 g/mol. The van der Waals surface area contributed by atoms with E-state index in [0.717, 1.165) is 23.3 Å². The first-order valence-corrected chi connectivity index (χ1v) is 13.3. The number of nitrogens with zero attached hydrogens (tertiary/aromatic N) is 1. The molecule has 2 atom stereocenters. The molecule has 0 saturated carbocycles. The number of halogens is 1. The second-order valence-electron chi connectivity index (χ2n) is 9.44. The fourth-order valence-electron chi connectivity index (χ4n) is 4.02. The third-order valence-electron chi connectivity index (χ3n) is 6.34. The van der Waals surface area contributed by atoms with Crippen LogP contribution in [-0.4, -0.2) is 35.4 Å². The van der Waals surface area contributed by atoms with E-state index in [9.17, 15) is 9.59 Å². The van der Waals surface area contributed by atoms with Crippen LogP contribution < -0.4 is 10.1 Å². The van der Waals surface area contributed by atoms with E-state index in [1.165, 1.54) is 5.56 Å². The predicted molar refractivity (Wildman–Crippen MR) is 150 cm³/mol. The largest absolute Gasteiger partial charge is 0.494 e. The number of hydrogen-bond donors (Lipinski definition) is 1. The number of benzene rings is 3. The van der Waals surface area contributed by atoms with Gasteiger partial charge in [-0.15, -0.1) is 0 Å². The summed E-state index contributed by atoms with van der Waals surface area (Å²) in [4.78, 5) is 28.8. The maximum atomic E-state index is 13.6. The molecule has 0 aliphatic carbocycles. The fraction of sp³-hybridized carbons (Fsp3) is 0.355. The molecule has 3 aromatic rings. The van der Waals surface area contributed by atoms with E-state index in [1.807, 2.05) is 93.6 Å². The van der Waals surface area contributed by atoms with Gasteiger partial charge in [-0.3, -0.25) is 9.59 Å². The zero-order chi connectivity index (χ0) is 26.6. The molecule has 2 amide bonds. The SMILES string of the molecule is CC[C@H](C)NC(=O)[C@@H](Cc1ccccc1)N(Cc1cccc(Cl)c1)C(=O)CCCOc1ccc(C)cc1. The van der Waals surface area contributed by atoms with Gasteiger partial charge in [0.15, 0.2) is 0 Å². The van der Waals surface area contributed by atoms with Crippen molar-refractivity contribution < 1.29 is 14.3 Å². The van der Waals surface area contributed by atoms with Crippen LogP contribution in [0.3, 0.4) is 0 Å². The second-order valence-corrected chi connectivity index (χ2v) is 9.88. The van der Waals surface area contributed by atoms with E-state index in [1.54, 1.807) is 11.0 Å². The molecule has 0 unspecified atom stereocenters. The topological polar surface area (TPSA) is 58.6 Å². The minimum Gasteiger partial charge on any atom is -0.494 e. The van der Waals surface area contributed by atoms with E-state index >= 15 is 0 Å². The highest BCUT2D eigenvalue weighted by Crippen LogP contribution is 2.19. The Morgan fingerprint density at radius 3 is 2.35 bits per heavy atom. The predicted octanol–water partition coefficient (Wildman–Crippen LogP) is 6.36. The smallest absolute Gasteiger partial charge is 0.243 e. The van der Waals surface area contributed by atoms with Gasteiger partial charge >= 0.3 is 0 Å². The van der Waals surface area contributed by atoms with E-state index in [4.69, 9.17) is 16.3 Å². The summed E-state index contributed by atoms with van der Waals surface area (Å²) in [6, 6.07) is 24.5. The van der Waals surface area contributed by atoms with Gasteiger partial charge in [0.2, 0.25) is 11.8 Å². The van der Waals surface area contributed by atoms with Crippen LogP contribution in [0.25, 0.3) is 0 Å². The molecule has 0 aliphatic heterocycles. The molecule has 0 saturated heterocycles. The summed E-state index contributed by atoms with van der Waals surface area (Å²) >= 11 is 6.24. The summed E-state index contributed by atoms with van der Waals surface area (Å²) in [6.07, 6.45) is 2.05. The minimum absolute atomic E-state index is 0.0109. The number of rotatable bonds is 13.